The van der Waals surface area contributed by atoms with Gasteiger partial charge >= 0.3 is 0 Å². The Labute approximate surface area is 83.6 Å². The van der Waals surface area contributed by atoms with Gasteiger partial charge < -0.3 is 4.57 Å². The van der Waals surface area contributed by atoms with Crippen LogP contribution in [0.25, 0.3) is 0 Å². The molecule has 0 atom stereocenters. The van der Waals surface area contributed by atoms with Crippen molar-refractivity contribution >= 4 is 0 Å². The van der Waals surface area contributed by atoms with Crippen LogP contribution in [0.3, 0.4) is 0 Å². The molecule has 0 radical (unpaired) electrons. The van der Waals surface area contributed by atoms with E-state index in [1.165, 1.54) is 4.57 Å². The maximum Gasteiger partial charge on any atom is 0.268 e. The Balaban J connectivity index is 3.59. The molecule has 14 heavy (non-hydrogen) atoms. The van der Waals surface area contributed by atoms with E-state index in [9.17, 15) is 4.79 Å². The first-order valence-corrected chi connectivity index (χ1v) is 4.59. The van der Waals surface area contributed by atoms with E-state index >= 15 is 0 Å². The van der Waals surface area contributed by atoms with Crippen LogP contribution in [0.1, 0.15) is 36.6 Å². The van der Waals surface area contributed by atoms with Crippen molar-refractivity contribution in [2.45, 2.75) is 26.7 Å². The van der Waals surface area contributed by atoms with Crippen LogP contribution < -0.4 is 5.56 Å². The van der Waals surface area contributed by atoms with Crippen molar-refractivity contribution in [3.05, 3.63) is 33.2 Å². The van der Waals surface area contributed by atoms with Crippen molar-refractivity contribution in [2.24, 2.45) is 7.05 Å². The fraction of sp³-hybridized carbons (Fsp3) is 0.455. The topological polar surface area (TPSA) is 45.8 Å². The number of aromatic nitrogens is 1. The molecule has 0 aliphatic carbocycles. The lowest BCUT2D eigenvalue weighted by Crippen LogP contribution is -2.23. The van der Waals surface area contributed by atoms with Crippen LogP contribution in [0.5, 0.6) is 0 Å². The molecule has 0 aliphatic heterocycles. The summed E-state index contributed by atoms with van der Waals surface area (Å²) in [5, 5.41) is 8.78. The summed E-state index contributed by atoms with van der Waals surface area (Å²) in [6.45, 7) is 6.00. The van der Waals surface area contributed by atoms with Gasteiger partial charge in [-0.25, -0.2) is 0 Å². The highest BCUT2D eigenvalue weighted by atomic mass is 16.1. The van der Waals surface area contributed by atoms with Crippen molar-refractivity contribution in [1.29, 1.82) is 5.26 Å². The van der Waals surface area contributed by atoms with Gasteiger partial charge in [-0.1, -0.05) is 13.8 Å². The molecule has 0 amide bonds. The van der Waals surface area contributed by atoms with Crippen LogP contribution in [-0.4, -0.2) is 4.57 Å². The van der Waals surface area contributed by atoms with E-state index in [1.54, 1.807) is 13.1 Å². The molecular weight excluding hydrogens is 176 g/mol. The van der Waals surface area contributed by atoms with Crippen molar-refractivity contribution in [2.75, 3.05) is 0 Å². The lowest BCUT2D eigenvalue weighted by molar-refractivity contribution is 0.756. The van der Waals surface area contributed by atoms with Crippen molar-refractivity contribution in [1.82, 2.24) is 4.57 Å². The standard InChI is InChI=1S/C11H14N2O/c1-7(2)10-5-9(6-12)11(14)13(4)8(10)3/h5,7H,1-4H3. The summed E-state index contributed by atoms with van der Waals surface area (Å²) in [6, 6.07) is 3.62. The summed E-state index contributed by atoms with van der Waals surface area (Å²) in [5.41, 5.74) is 2.00. The Morgan fingerprint density at radius 2 is 2.07 bits per heavy atom. The molecule has 0 spiro atoms. The molecule has 1 aromatic heterocycles. The molecule has 1 rings (SSSR count). The molecule has 0 bridgehead atoms. The SMILES string of the molecule is Cc1c(C(C)C)cc(C#N)c(=O)n1C. The Bertz CT molecular complexity index is 450. The van der Waals surface area contributed by atoms with E-state index in [2.05, 4.69) is 0 Å². The molecule has 1 aromatic rings. The summed E-state index contributed by atoms with van der Waals surface area (Å²) >= 11 is 0. The molecule has 0 N–H and O–H groups in total. The average Bonchev–Trinajstić information content (AvgIpc) is 2.14. The molecule has 1 heterocycles. The fourth-order valence-electron chi connectivity index (χ4n) is 1.51. The van der Waals surface area contributed by atoms with Crippen molar-refractivity contribution < 1.29 is 0 Å². The molecule has 3 nitrogen and oxygen atoms in total. The van der Waals surface area contributed by atoms with E-state index in [0.29, 0.717) is 5.92 Å². The highest BCUT2D eigenvalue weighted by Crippen LogP contribution is 2.17. The summed E-state index contributed by atoms with van der Waals surface area (Å²) in [5.74, 6) is 0.328. The molecule has 74 valence electrons. The van der Waals surface area contributed by atoms with E-state index in [0.717, 1.165) is 11.3 Å². The van der Waals surface area contributed by atoms with Gasteiger partial charge in [-0.2, -0.15) is 5.26 Å². The first-order valence-electron chi connectivity index (χ1n) is 4.59. The number of rotatable bonds is 1. The number of pyridine rings is 1. The maximum absolute atomic E-state index is 11.5. The largest absolute Gasteiger partial charge is 0.315 e. The molecule has 0 fully saturated rings. The Morgan fingerprint density at radius 1 is 1.50 bits per heavy atom. The fourth-order valence-corrected chi connectivity index (χ4v) is 1.51. The Kier molecular flexibility index (Phi) is 2.76. The summed E-state index contributed by atoms with van der Waals surface area (Å²) in [7, 11) is 1.70. The van der Waals surface area contributed by atoms with E-state index in [1.807, 2.05) is 26.8 Å². The minimum Gasteiger partial charge on any atom is -0.315 e. The van der Waals surface area contributed by atoms with Gasteiger partial charge in [0.2, 0.25) is 0 Å². The van der Waals surface area contributed by atoms with Gasteiger partial charge in [0.05, 0.1) is 0 Å². The Morgan fingerprint density at radius 3 is 2.50 bits per heavy atom. The third-order valence-corrected chi connectivity index (χ3v) is 2.50. The minimum atomic E-state index is -0.214. The lowest BCUT2D eigenvalue weighted by Gasteiger charge is -2.13. The normalized spacial score (nSPS) is 10.3. The lowest BCUT2D eigenvalue weighted by atomic mass is 10.00. The van der Waals surface area contributed by atoms with Crippen molar-refractivity contribution in [3.8, 4) is 6.07 Å². The molecule has 0 aromatic carbocycles. The highest BCUT2D eigenvalue weighted by Gasteiger charge is 2.10. The van der Waals surface area contributed by atoms with Crippen LogP contribution >= 0.6 is 0 Å². The van der Waals surface area contributed by atoms with E-state index < -0.39 is 0 Å². The maximum atomic E-state index is 11.5. The zero-order valence-corrected chi connectivity index (χ0v) is 8.96. The van der Waals surface area contributed by atoms with Crippen LogP contribution in [0.15, 0.2) is 10.9 Å². The molecule has 0 unspecified atom stereocenters. The van der Waals surface area contributed by atoms with Gasteiger partial charge in [-0.05, 0) is 24.5 Å². The second-order valence-corrected chi connectivity index (χ2v) is 3.73. The number of nitrogens with zero attached hydrogens (tertiary/aromatic N) is 2. The first kappa shape index (κ1) is 10.5. The zero-order chi connectivity index (χ0) is 10.9. The molecule has 0 saturated heterocycles. The zero-order valence-electron chi connectivity index (χ0n) is 8.96. The second-order valence-electron chi connectivity index (χ2n) is 3.73. The Hall–Kier alpha value is -1.56. The van der Waals surface area contributed by atoms with E-state index in [4.69, 9.17) is 5.26 Å². The van der Waals surface area contributed by atoms with Crippen LogP contribution in [0, 0.1) is 18.3 Å². The van der Waals surface area contributed by atoms with Gasteiger partial charge in [-0.15, -0.1) is 0 Å². The van der Waals surface area contributed by atoms with Gasteiger partial charge in [0.15, 0.2) is 0 Å². The minimum absolute atomic E-state index is 0.214. The van der Waals surface area contributed by atoms with Crippen molar-refractivity contribution in [3.63, 3.8) is 0 Å². The summed E-state index contributed by atoms with van der Waals surface area (Å²) in [6.07, 6.45) is 0. The number of hydrogen-bond acceptors (Lipinski definition) is 2. The molecule has 0 aliphatic rings. The number of hydrogen-bond donors (Lipinski definition) is 0. The first-order chi connectivity index (χ1) is 6.49. The highest BCUT2D eigenvalue weighted by molar-refractivity contribution is 5.35. The predicted molar refractivity (Wildman–Crippen MR) is 55.2 cm³/mol. The second kappa shape index (κ2) is 3.67. The monoisotopic (exact) mass is 190 g/mol. The predicted octanol–water partition coefficient (Wildman–Crippen LogP) is 1.69. The quantitative estimate of drug-likeness (QED) is 0.676. The number of nitriles is 1. The molecule has 0 saturated carbocycles. The van der Waals surface area contributed by atoms with Gasteiger partial charge in [0, 0.05) is 12.7 Å². The molecule has 3 heteroatoms. The third kappa shape index (κ3) is 1.56. The van der Waals surface area contributed by atoms with Gasteiger partial charge in [0.25, 0.3) is 5.56 Å². The smallest absolute Gasteiger partial charge is 0.268 e. The summed E-state index contributed by atoms with van der Waals surface area (Å²) < 4.78 is 1.54. The van der Waals surface area contributed by atoms with Gasteiger partial charge in [-0.3, -0.25) is 4.79 Å². The third-order valence-electron chi connectivity index (χ3n) is 2.50. The van der Waals surface area contributed by atoms with Crippen LogP contribution in [0.2, 0.25) is 0 Å². The van der Waals surface area contributed by atoms with E-state index in [-0.39, 0.29) is 11.1 Å². The molecular formula is C11H14N2O. The van der Waals surface area contributed by atoms with Gasteiger partial charge in [0.1, 0.15) is 11.6 Å². The average molecular weight is 190 g/mol. The van der Waals surface area contributed by atoms with Crippen LogP contribution in [-0.2, 0) is 7.05 Å². The van der Waals surface area contributed by atoms with Crippen LogP contribution in [0.4, 0.5) is 0 Å². The summed E-state index contributed by atoms with van der Waals surface area (Å²) in [4.78, 5) is 11.5.